The summed E-state index contributed by atoms with van der Waals surface area (Å²) in [6.45, 7) is 5.38. The van der Waals surface area contributed by atoms with E-state index in [0.717, 1.165) is 17.6 Å². The second kappa shape index (κ2) is 5.92. The first-order valence-electron chi connectivity index (χ1n) is 7.56. The summed E-state index contributed by atoms with van der Waals surface area (Å²) in [6.07, 6.45) is 2.50. The fourth-order valence-electron chi connectivity index (χ4n) is 2.58. The summed E-state index contributed by atoms with van der Waals surface area (Å²) in [5, 5.41) is 2.80. The number of aromatic nitrogens is 3. The number of fused-ring (bicyclic) bond motifs is 1. The summed E-state index contributed by atoms with van der Waals surface area (Å²) >= 11 is 1.06. The van der Waals surface area contributed by atoms with Crippen molar-refractivity contribution in [3.05, 3.63) is 45.4 Å². The number of ketones is 1. The van der Waals surface area contributed by atoms with Gasteiger partial charge < -0.3 is 5.10 Å². The number of aryl methyl sites for hydroxylation is 1. The highest BCUT2D eigenvalue weighted by molar-refractivity contribution is 7.92. The molecule has 0 radical (unpaired) electrons. The molecule has 25 heavy (non-hydrogen) atoms. The molecule has 0 saturated heterocycles. The number of benzene rings is 1. The maximum Gasteiger partial charge on any atom is 0.277 e. The fourth-order valence-corrected chi connectivity index (χ4v) is 4.47. The van der Waals surface area contributed by atoms with Gasteiger partial charge in [-0.3, -0.25) is 14.3 Å². The van der Waals surface area contributed by atoms with E-state index in [9.17, 15) is 18.0 Å². The molecule has 2 heterocycles. The zero-order chi connectivity index (χ0) is 18.5. The van der Waals surface area contributed by atoms with E-state index >= 15 is 0 Å². The summed E-state index contributed by atoms with van der Waals surface area (Å²) in [5.74, 6) is -0.408. The van der Waals surface area contributed by atoms with Gasteiger partial charge in [0.1, 0.15) is 5.56 Å². The Labute approximate surface area is 148 Å². The van der Waals surface area contributed by atoms with Gasteiger partial charge in [0.25, 0.3) is 5.56 Å². The predicted octanol–water partition coefficient (Wildman–Crippen LogP) is 2.31. The number of H-pyrrole nitrogens is 1. The topological polar surface area (TPSA) is 102 Å². The van der Waals surface area contributed by atoms with E-state index < -0.39 is 15.6 Å². The van der Waals surface area contributed by atoms with E-state index in [-0.39, 0.29) is 21.5 Å². The minimum atomic E-state index is -3.42. The van der Waals surface area contributed by atoms with Gasteiger partial charge in [0.05, 0.1) is 10.2 Å². The zero-order valence-corrected chi connectivity index (χ0v) is 15.8. The van der Waals surface area contributed by atoms with Gasteiger partial charge in [-0.05, 0) is 38.5 Å². The SMILES string of the molecule is Cc1c(C(=O)c2c[nH]n(C(C)C)c2=O)ccc2sc(S(C)(=O)=O)nc12. The molecule has 0 fully saturated rings. The third-order valence-corrected chi connectivity index (χ3v) is 6.61. The van der Waals surface area contributed by atoms with Crippen LogP contribution in [0.3, 0.4) is 0 Å². The predicted molar refractivity (Wildman–Crippen MR) is 96.3 cm³/mol. The van der Waals surface area contributed by atoms with Crippen LogP contribution >= 0.6 is 11.3 Å². The lowest BCUT2D eigenvalue weighted by Gasteiger charge is -2.05. The number of carbonyl (C=O) groups is 1. The van der Waals surface area contributed by atoms with E-state index in [4.69, 9.17) is 0 Å². The number of rotatable bonds is 4. The molecule has 7 nitrogen and oxygen atoms in total. The largest absolute Gasteiger partial charge is 0.302 e. The van der Waals surface area contributed by atoms with Crippen molar-refractivity contribution in [3.63, 3.8) is 0 Å². The molecule has 1 aromatic carbocycles. The Morgan fingerprint density at radius 1 is 1.28 bits per heavy atom. The van der Waals surface area contributed by atoms with Crippen LogP contribution in [-0.4, -0.2) is 35.2 Å². The molecular weight excluding hydrogens is 362 g/mol. The lowest BCUT2D eigenvalue weighted by molar-refractivity contribution is 0.103. The molecule has 0 aliphatic heterocycles. The van der Waals surface area contributed by atoms with Gasteiger partial charge in [0.2, 0.25) is 20.0 Å². The number of nitrogens with one attached hydrogen (secondary N) is 1. The van der Waals surface area contributed by atoms with Crippen molar-refractivity contribution < 1.29 is 13.2 Å². The van der Waals surface area contributed by atoms with E-state index in [2.05, 4.69) is 10.1 Å². The molecule has 2 aromatic heterocycles. The van der Waals surface area contributed by atoms with E-state index in [1.807, 2.05) is 13.8 Å². The van der Waals surface area contributed by atoms with Gasteiger partial charge in [0, 0.05) is 24.1 Å². The van der Waals surface area contributed by atoms with Crippen molar-refractivity contribution in [1.29, 1.82) is 0 Å². The number of thiazole rings is 1. The van der Waals surface area contributed by atoms with E-state index in [1.54, 1.807) is 19.1 Å². The number of hydrogen-bond acceptors (Lipinski definition) is 6. The van der Waals surface area contributed by atoms with E-state index in [1.165, 1.54) is 10.9 Å². The van der Waals surface area contributed by atoms with Gasteiger partial charge in [-0.1, -0.05) is 0 Å². The Morgan fingerprint density at radius 2 is 1.96 bits per heavy atom. The molecule has 0 unspecified atom stereocenters. The maximum atomic E-state index is 12.8. The highest BCUT2D eigenvalue weighted by Crippen LogP contribution is 2.30. The number of sulfone groups is 1. The average Bonchev–Trinajstić information content (AvgIpc) is 3.10. The number of nitrogens with zero attached hydrogens (tertiary/aromatic N) is 2. The second-order valence-corrected chi connectivity index (χ2v) is 9.34. The molecule has 0 amide bonds. The maximum absolute atomic E-state index is 12.8. The van der Waals surface area contributed by atoms with Gasteiger partial charge in [-0.15, -0.1) is 11.3 Å². The smallest absolute Gasteiger partial charge is 0.277 e. The molecule has 1 N–H and O–H groups in total. The Kier molecular flexibility index (Phi) is 4.16. The minimum absolute atomic E-state index is 0.0130. The van der Waals surface area contributed by atoms with Crippen LogP contribution in [-0.2, 0) is 9.84 Å². The average molecular weight is 379 g/mol. The van der Waals surface area contributed by atoms with Crippen molar-refractivity contribution >= 4 is 37.2 Å². The third-order valence-electron chi connectivity index (χ3n) is 3.91. The molecule has 0 spiro atoms. The molecule has 0 aliphatic rings. The van der Waals surface area contributed by atoms with Crippen LogP contribution < -0.4 is 5.56 Å². The lowest BCUT2D eigenvalue weighted by atomic mass is 10.0. The minimum Gasteiger partial charge on any atom is -0.302 e. The van der Waals surface area contributed by atoms with Crippen LogP contribution in [0, 0.1) is 6.92 Å². The van der Waals surface area contributed by atoms with Crippen LogP contribution in [0.1, 0.15) is 41.4 Å². The summed E-state index contributed by atoms with van der Waals surface area (Å²) in [5.41, 5.74) is 1.04. The molecule has 3 aromatic rings. The number of carbonyl (C=O) groups excluding carboxylic acids is 1. The standard InChI is InChI=1S/C16H17N3O4S2/c1-8(2)19-15(21)11(7-17-19)14(20)10-5-6-12-13(9(10)3)18-16(24-12)25(4,22)23/h5-8,17H,1-4H3. The first kappa shape index (κ1) is 17.6. The first-order chi connectivity index (χ1) is 11.6. The van der Waals surface area contributed by atoms with Gasteiger partial charge in [-0.25, -0.2) is 13.4 Å². The Morgan fingerprint density at radius 3 is 2.52 bits per heavy atom. The van der Waals surface area contributed by atoms with Crippen molar-refractivity contribution in [3.8, 4) is 0 Å². The highest BCUT2D eigenvalue weighted by Gasteiger charge is 2.22. The molecular formula is C16H17N3O4S2. The zero-order valence-electron chi connectivity index (χ0n) is 14.2. The molecule has 132 valence electrons. The van der Waals surface area contributed by atoms with Crippen LogP contribution in [0.25, 0.3) is 10.2 Å². The number of hydrogen-bond donors (Lipinski definition) is 1. The Balaban J connectivity index is 2.15. The molecule has 0 atom stereocenters. The lowest BCUT2D eigenvalue weighted by Crippen LogP contribution is -2.23. The Bertz CT molecular complexity index is 1150. The monoisotopic (exact) mass is 379 g/mol. The second-order valence-electron chi connectivity index (χ2n) is 6.12. The Hall–Kier alpha value is -2.26. The van der Waals surface area contributed by atoms with Crippen molar-refractivity contribution in [2.45, 2.75) is 31.2 Å². The summed E-state index contributed by atoms with van der Waals surface area (Å²) < 4.78 is 25.5. The van der Waals surface area contributed by atoms with Crippen LogP contribution in [0.15, 0.2) is 27.5 Å². The van der Waals surface area contributed by atoms with Gasteiger partial charge >= 0.3 is 0 Å². The quantitative estimate of drug-likeness (QED) is 0.701. The summed E-state index contributed by atoms with van der Waals surface area (Å²) in [6, 6.07) is 3.18. The van der Waals surface area contributed by atoms with E-state index in [0.29, 0.717) is 21.3 Å². The summed E-state index contributed by atoms with van der Waals surface area (Å²) in [4.78, 5) is 29.3. The normalized spacial score (nSPS) is 12.2. The van der Waals surface area contributed by atoms with Crippen LogP contribution in [0.2, 0.25) is 0 Å². The molecule has 3 rings (SSSR count). The molecule has 9 heteroatoms. The molecule has 0 saturated carbocycles. The number of aromatic amines is 1. The van der Waals surface area contributed by atoms with Crippen LogP contribution in [0.5, 0.6) is 0 Å². The fraction of sp³-hybridized carbons (Fsp3) is 0.312. The van der Waals surface area contributed by atoms with Crippen LogP contribution in [0.4, 0.5) is 0 Å². The van der Waals surface area contributed by atoms with Gasteiger partial charge in [0.15, 0.2) is 0 Å². The van der Waals surface area contributed by atoms with Crippen molar-refractivity contribution in [2.24, 2.45) is 0 Å². The van der Waals surface area contributed by atoms with Crippen molar-refractivity contribution in [1.82, 2.24) is 14.8 Å². The third kappa shape index (κ3) is 2.93. The van der Waals surface area contributed by atoms with Crippen molar-refractivity contribution in [2.75, 3.05) is 6.26 Å². The molecule has 0 aliphatic carbocycles. The highest BCUT2D eigenvalue weighted by atomic mass is 32.2. The van der Waals surface area contributed by atoms with Gasteiger partial charge in [-0.2, -0.15) is 0 Å². The summed E-state index contributed by atoms with van der Waals surface area (Å²) in [7, 11) is -3.42. The molecule has 0 bridgehead atoms. The first-order valence-corrected chi connectivity index (χ1v) is 10.3.